The molecule has 2 heterocycles. The fraction of sp³-hybridized carbons (Fsp3) is 0.269. The van der Waals surface area contributed by atoms with E-state index in [-0.39, 0.29) is 27.3 Å². The van der Waals surface area contributed by atoms with Gasteiger partial charge in [0.1, 0.15) is 17.2 Å². The number of pyridine rings is 1. The van der Waals surface area contributed by atoms with E-state index in [4.69, 9.17) is 39.5 Å². The molecule has 0 spiro atoms. The molecule has 4 rings (SSSR count). The number of rotatable bonds is 4. The molecule has 192 valence electrons. The molecule has 0 aliphatic carbocycles. The Kier molecular flexibility index (Phi) is 9.80. The molecule has 1 saturated heterocycles. The van der Waals surface area contributed by atoms with Crippen LogP contribution >= 0.6 is 34.8 Å². The molecule has 36 heavy (non-hydrogen) atoms. The van der Waals surface area contributed by atoms with Crippen molar-refractivity contribution in [3.63, 3.8) is 0 Å². The number of benzene rings is 2. The lowest BCUT2D eigenvalue weighted by molar-refractivity contribution is -0.671. The highest BCUT2D eigenvalue weighted by atomic mass is 35.5. The summed E-state index contributed by atoms with van der Waals surface area (Å²) in [4.78, 5) is 1.84. The number of ether oxygens (including phenoxy) is 1. The lowest BCUT2D eigenvalue weighted by atomic mass is 10.1. The van der Waals surface area contributed by atoms with Gasteiger partial charge in [0.25, 0.3) is 0 Å². The molecule has 1 fully saturated rings. The van der Waals surface area contributed by atoms with Gasteiger partial charge in [0, 0.05) is 30.9 Å². The average Bonchev–Trinajstić information content (AvgIpc) is 2.80. The van der Waals surface area contributed by atoms with Crippen molar-refractivity contribution in [1.29, 1.82) is 0 Å². The van der Waals surface area contributed by atoms with E-state index >= 15 is 0 Å². The van der Waals surface area contributed by atoms with Crippen LogP contribution in [0.4, 0.5) is 5.69 Å². The first kappa shape index (κ1) is 28.4. The Labute approximate surface area is 227 Å². The third-order valence-electron chi connectivity index (χ3n) is 5.39. The maximum atomic E-state index is 10.6. The molecule has 1 aromatic heterocycles. The van der Waals surface area contributed by atoms with Crippen molar-refractivity contribution in [1.82, 2.24) is 0 Å². The van der Waals surface area contributed by atoms with Crippen LogP contribution in [0.5, 0.6) is 0 Å². The molecular formula is C26H27Cl3N2O4S. The first-order valence-corrected chi connectivity index (χ1v) is 13.7. The maximum Gasteiger partial charge on any atom is 0.169 e. The summed E-state index contributed by atoms with van der Waals surface area (Å²) >= 11 is 16.5. The quantitative estimate of drug-likeness (QED) is 0.224. The lowest BCUT2D eigenvalue weighted by Crippen LogP contribution is -2.45. The van der Waals surface area contributed by atoms with Gasteiger partial charge in [-0.3, -0.25) is 0 Å². The number of nitrogens with zero attached hydrogens (tertiary/aromatic N) is 2. The van der Waals surface area contributed by atoms with E-state index < -0.39 is 15.0 Å². The standard InChI is InChI=1S/C20H25N2O.C6H3Cl3O3S/c1-16-14-22(15-17(2)23-16)20-8-6-18(7-9-20)4-5-19-10-12-21(3)13-11-19;7-3-1-5(9)6(2-4(3)8)13(10,11)12/h4-13,16-17H,14-15H2,1-3H3;1-2H,(H,10,11,12)/q+1;/p-1/t16-,17+;. The lowest BCUT2D eigenvalue weighted by Gasteiger charge is -2.36. The van der Waals surface area contributed by atoms with Gasteiger partial charge < -0.3 is 14.2 Å². The monoisotopic (exact) mass is 568 g/mol. The molecule has 3 aromatic rings. The summed E-state index contributed by atoms with van der Waals surface area (Å²) in [6, 6.07) is 15.0. The van der Waals surface area contributed by atoms with Crippen LogP contribution in [-0.2, 0) is 21.9 Å². The first-order chi connectivity index (χ1) is 16.9. The van der Waals surface area contributed by atoms with Gasteiger partial charge in [-0.2, -0.15) is 0 Å². The van der Waals surface area contributed by atoms with Gasteiger partial charge in [-0.1, -0.05) is 59.1 Å². The zero-order chi connectivity index (χ0) is 26.5. The Hall–Kier alpha value is -2.13. The Balaban J connectivity index is 0.000000236. The van der Waals surface area contributed by atoms with Crippen molar-refractivity contribution in [3.05, 3.63) is 87.1 Å². The van der Waals surface area contributed by atoms with E-state index in [1.54, 1.807) is 0 Å². The Morgan fingerprint density at radius 1 is 0.889 bits per heavy atom. The number of halogens is 3. The number of morpholine rings is 1. The van der Waals surface area contributed by atoms with Crippen LogP contribution in [-0.4, -0.2) is 38.3 Å². The second-order valence-corrected chi connectivity index (χ2v) is 11.1. The largest absolute Gasteiger partial charge is 0.744 e. The van der Waals surface area contributed by atoms with Gasteiger partial charge >= 0.3 is 0 Å². The highest BCUT2D eigenvalue weighted by molar-refractivity contribution is 7.85. The molecule has 0 N–H and O–H groups in total. The van der Waals surface area contributed by atoms with Crippen LogP contribution in [0.3, 0.4) is 0 Å². The Bertz CT molecular complexity index is 1300. The minimum Gasteiger partial charge on any atom is -0.744 e. The molecule has 0 amide bonds. The van der Waals surface area contributed by atoms with E-state index in [1.165, 1.54) is 16.8 Å². The van der Waals surface area contributed by atoms with Gasteiger partial charge in [-0.25, -0.2) is 13.0 Å². The number of hydrogen-bond acceptors (Lipinski definition) is 5. The normalized spacial score (nSPS) is 18.1. The molecule has 1 aliphatic rings. The third-order valence-corrected chi connectivity index (χ3v) is 7.42. The van der Waals surface area contributed by atoms with Crippen LogP contribution in [0.25, 0.3) is 12.2 Å². The predicted molar refractivity (Wildman–Crippen MR) is 145 cm³/mol. The Morgan fingerprint density at radius 3 is 1.92 bits per heavy atom. The van der Waals surface area contributed by atoms with Gasteiger partial charge in [-0.15, -0.1) is 0 Å². The van der Waals surface area contributed by atoms with E-state index in [0.717, 1.165) is 25.2 Å². The summed E-state index contributed by atoms with van der Waals surface area (Å²) in [7, 11) is -2.57. The van der Waals surface area contributed by atoms with Crippen LogP contribution in [0.1, 0.15) is 25.0 Å². The smallest absolute Gasteiger partial charge is 0.169 e. The number of aromatic nitrogens is 1. The van der Waals surface area contributed by atoms with Gasteiger partial charge in [0.2, 0.25) is 0 Å². The highest BCUT2D eigenvalue weighted by Gasteiger charge is 2.22. The second-order valence-electron chi connectivity index (χ2n) is 8.53. The summed E-state index contributed by atoms with van der Waals surface area (Å²) in [5.41, 5.74) is 3.70. The topological polar surface area (TPSA) is 73.5 Å². The summed E-state index contributed by atoms with van der Waals surface area (Å²) < 4.78 is 39.6. The number of hydrogen-bond donors (Lipinski definition) is 0. The minimum atomic E-state index is -4.60. The van der Waals surface area contributed by atoms with Crippen molar-refractivity contribution in [3.8, 4) is 0 Å². The van der Waals surface area contributed by atoms with E-state index in [0.29, 0.717) is 0 Å². The first-order valence-electron chi connectivity index (χ1n) is 11.2. The van der Waals surface area contributed by atoms with Crippen LogP contribution in [0.2, 0.25) is 15.1 Å². The van der Waals surface area contributed by atoms with Crippen molar-refractivity contribution in [2.24, 2.45) is 7.05 Å². The maximum absolute atomic E-state index is 10.6. The van der Waals surface area contributed by atoms with E-state index in [2.05, 4.69) is 79.7 Å². The van der Waals surface area contributed by atoms with Gasteiger partial charge in [0.05, 0.1) is 32.2 Å². The van der Waals surface area contributed by atoms with Crippen LogP contribution in [0.15, 0.2) is 65.8 Å². The van der Waals surface area contributed by atoms with E-state index in [9.17, 15) is 13.0 Å². The minimum absolute atomic E-state index is 0.0273. The zero-order valence-electron chi connectivity index (χ0n) is 20.1. The Morgan fingerprint density at radius 2 is 1.39 bits per heavy atom. The number of anilines is 1. The molecule has 0 radical (unpaired) electrons. The number of aryl methyl sites for hydroxylation is 1. The molecule has 0 unspecified atom stereocenters. The van der Waals surface area contributed by atoms with Crippen molar-refractivity contribution in [2.75, 3.05) is 18.0 Å². The molecule has 1 aliphatic heterocycles. The van der Waals surface area contributed by atoms with Crippen molar-refractivity contribution < 1.29 is 22.3 Å². The summed E-state index contributed by atoms with van der Waals surface area (Å²) in [5, 5.41) is -0.163. The van der Waals surface area contributed by atoms with Crippen molar-refractivity contribution >= 4 is 62.8 Å². The molecular weight excluding hydrogens is 543 g/mol. The van der Waals surface area contributed by atoms with Crippen LogP contribution < -0.4 is 9.47 Å². The van der Waals surface area contributed by atoms with Gasteiger partial charge in [-0.05, 0) is 49.2 Å². The molecule has 6 nitrogen and oxygen atoms in total. The summed E-state index contributed by atoms with van der Waals surface area (Å²) in [5.74, 6) is 0. The second kappa shape index (κ2) is 12.4. The zero-order valence-corrected chi connectivity index (χ0v) is 23.2. The molecule has 10 heteroatoms. The molecule has 0 saturated carbocycles. The third kappa shape index (κ3) is 8.20. The van der Waals surface area contributed by atoms with E-state index in [1.807, 2.05) is 11.6 Å². The average molecular weight is 570 g/mol. The van der Waals surface area contributed by atoms with Gasteiger partial charge in [0.15, 0.2) is 12.4 Å². The molecule has 0 bridgehead atoms. The highest BCUT2D eigenvalue weighted by Crippen LogP contribution is 2.31. The molecule has 2 aromatic carbocycles. The summed E-state index contributed by atoms with van der Waals surface area (Å²) in [6.07, 6.45) is 9.00. The fourth-order valence-electron chi connectivity index (χ4n) is 3.70. The predicted octanol–water partition coefficient (Wildman–Crippen LogP) is 5.85. The van der Waals surface area contributed by atoms with Crippen LogP contribution in [0, 0.1) is 0 Å². The SMILES string of the molecule is C[C@@H]1CN(c2ccc(/C=C/c3cc[n+](C)cc3)cc2)C[C@H](C)O1.O=S(=O)([O-])c1cc(Cl)c(Cl)cc1Cl. The fourth-order valence-corrected chi connectivity index (χ4v) is 5.15. The summed E-state index contributed by atoms with van der Waals surface area (Å²) in [6.45, 7) is 6.19. The molecule has 2 atom stereocenters. The van der Waals surface area contributed by atoms with Crippen molar-refractivity contribution in [2.45, 2.75) is 31.0 Å².